The largest absolute Gasteiger partial charge is 0.481 e. The Hall–Kier alpha value is -1.45. The van der Waals surface area contributed by atoms with Crippen LogP contribution in [0, 0.1) is 28.6 Å². The summed E-state index contributed by atoms with van der Waals surface area (Å²) in [6.07, 6.45) is 6.87. The van der Waals surface area contributed by atoms with Crippen molar-refractivity contribution in [3.8, 4) is 0 Å². The number of carboxylic acid groups (broad SMARTS) is 1. The first-order chi connectivity index (χ1) is 11.2. The Bertz CT molecular complexity index is 562. The number of carbonyl (C=O) groups excluding carboxylic acids is 2. The number of aliphatic carboxylic acids is 1. The molecule has 2 fully saturated rings. The van der Waals surface area contributed by atoms with E-state index < -0.39 is 11.4 Å². The highest BCUT2D eigenvalue weighted by molar-refractivity contribution is 5.84. The maximum Gasteiger partial charge on any atom is 0.309 e. The van der Waals surface area contributed by atoms with Gasteiger partial charge in [0.1, 0.15) is 12.1 Å². The average molecular weight is 334 g/mol. The van der Waals surface area contributed by atoms with E-state index in [0.717, 1.165) is 24.7 Å². The number of aldehydes is 1. The molecule has 1 N–H and O–H groups in total. The predicted octanol–water partition coefficient (Wildman–Crippen LogP) is 4.03. The second-order valence-electron chi connectivity index (χ2n) is 8.40. The van der Waals surface area contributed by atoms with Crippen molar-refractivity contribution in [3.05, 3.63) is 11.6 Å². The minimum Gasteiger partial charge on any atom is -0.481 e. The smallest absolute Gasteiger partial charge is 0.309 e. The number of ketones is 1. The predicted molar refractivity (Wildman–Crippen MR) is 92.5 cm³/mol. The van der Waals surface area contributed by atoms with E-state index in [0.29, 0.717) is 25.7 Å². The number of hydrogen-bond acceptors (Lipinski definition) is 3. The summed E-state index contributed by atoms with van der Waals surface area (Å²) in [5.41, 5.74) is -0.311. The van der Waals surface area contributed by atoms with Gasteiger partial charge in [0.25, 0.3) is 0 Å². The molecule has 2 aliphatic rings. The Kier molecular flexibility index (Phi) is 5.36. The minimum atomic E-state index is -0.749. The first-order valence-corrected chi connectivity index (χ1v) is 9.08. The van der Waals surface area contributed by atoms with E-state index in [1.54, 1.807) is 0 Å². The van der Waals surface area contributed by atoms with Crippen LogP contribution in [0.15, 0.2) is 11.6 Å². The van der Waals surface area contributed by atoms with Crippen molar-refractivity contribution in [2.75, 3.05) is 0 Å². The normalized spacial score (nSPS) is 37.2. The van der Waals surface area contributed by atoms with Crippen molar-refractivity contribution < 1.29 is 19.5 Å². The standard InChI is InChI=1S/C20H30O4/c1-13(2)14(12-21)6-7-15-16(22)8-9-17-19(15,3)10-5-11-20(17,4)18(23)24/h6,12-13,15,17H,5,7-11H2,1-4H3,(H,23,24)/b14-6-/t15-,17+,19+,20+/m0/s1. The van der Waals surface area contributed by atoms with E-state index in [1.165, 1.54) is 0 Å². The van der Waals surface area contributed by atoms with Gasteiger partial charge < -0.3 is 5.11 Å². The second kappa shape index (κ2) is 6.81. The third-order valence-corrected chi connectivity index (χ3v) is 6.72. The first-order valence-electron chi connectivity index (χ1n) is 9.08. The second-order valence-corrected chi connectivity index (χ2v) is 8.40. The molecular formula is C20H30O4. The quantitative estimate of drug-likeness (QED) is 0.608. The van der Waals surface area contributed by atoms with Crippen LogP contribution in [0.25, 0.3) is 0 Å². The molecule has 2 saturated carbocycles. The van der Waals surface area contributed by atoms with Crippen molar-refractivity contribution in [1.29, 1.82) is 0 Å². The van der Waals surface area contributed by atoms with Crippen LogP contribution in [-0.4, -0.2) is 23.1 Å². The lowest BCUT2D eigenvalue weighted by atomic mass is 9.47. The Balaban J connectivity index is 2.35. The van der Waals surface area contributed by atoms with Crippen LogP contribution in [0.3, 0.4) is 0 Å². The van der Waals surface area contributed by atoms with Crippen LogP contribution in [0.2, 0.25) is 0 Å². The monoisotopic (exact) mass is 334 g/mol. The Morgan fingerprint density at radius 2 is 2.00 bits per heavy atom. The van der Waals surface area contributed by atoms with Gasteiger partial charge in [-0.15, -0.1) is 0 Å². The minimum absolute atomic E-state index is 0.0195. The zero-order valence-corrected chi connectivity index (χ0v) is 15.3. The van der Waals surface area contributed by atoms with Gasteiger partial charge in [-0.05, 0) is 55.4 Å². The molecule has 0 amide bonds. The third-order valence-electron chi connectivity index (χ3n) is 6.72. The Labute approximate surface area is 144 Å². The molecule has 0 saturated heterocycles. The van der Waals surface area contributed by atoms with Gasteiger partial charge in [-0.3, -0.25) is 14.4 Å². The molecule has 4 nitrogen and oxygen atoms in total. The summed E-state index contributed by atoms with van der Waals surface area (Å²) in [6.45, 7) is 7.89. The van der Waals surface area contributed by atoms with Crippen molar-refractivity contribution >= 4 is 18.0 Å². The van der Waals surface area contributed by atoms with Gasteiger partial charge in [-0.2, -0.15) is 0 Å². The van der Waals surface area contributed by atoms with Crippen LogP contribution < -0.4 is 0 Å². The highest BCUT2D eigenvalue weighted by atomic mass is 16.4. The van der Waals surface area contributed by atoms with Gasteiger partial charge >= 0.3 is 5.97 Å². The van der Waals surface area contributed by atoms with Crippen molar-refractivity contribution in [2.45, 2.75) is 66.2 Å². The number of rotatable bonds is 5. The molecule has 4 atom stereocenters. The van der Waals surface area contributed by atoms with E-state index in [4.69, 9.17) is 0 Å². The van der Waals surface area contributed by atoms with Crippen LogP contribution in [0.1, 0.15) is 66.2 Å². The third kappa shape index (κ3) is 3.07. The van der Waals surface area contributed by atoms with E-state index >= 15 is 0 Å². The van der Waals surface area contributed by atoms with Crippen molar-refractivity contribution in [3.63, 3.8) is 0 Å². The fourth-order valence-corrected chi connectivity index (χ4v) is 5.14. The SMILES string of the molecule is CC(C)/C(C=O)=C\C[C@H]1C(=O)CC[C@@H]2[C@]1(C)CCC[C@@]2(C)C(=O)O. The molecule has 0 heterocycles. The maximum atomic E-state index is 12.6. The number of Topliss-reactive ketones (excluding diaryl/α,β-unsaturated/α-hetero) is 1. The number of fused-ring (bicyclic) bond motifs is 1. The maximum absolute atomic E-state index is 12.6. The molecule has 0 aromatic carbocycles. The molecule has 0 bridgehead atoms. The van der Waals surface area contributed by atoms with Crippen molar-refractivity contribution in [1.82, 2.24) is 0 Å². The topological polar surface area (TPSA) is 71.4 Å². The lowest BCUT2D eigenvalue weighted by Crippen LogP contribution is -2.55. The zero-order valence-electron chi connectivity index (χ0n) is 15.3. The molecule has 0 spiro atoms. The molecular weight excluding hydrogens is 304 g/mol. The molecule has 2 aliphatic carbocycles. The summed E-state index contributed by atoms with van der Waals surface area (Å²) in [4.78, 5) is 35.8. The molecule has 0 aromatic heterocycles. The summed E-state index contributed by atoms with van der Waals surface area (Å²) in [5.74, 6) is -0.526. The van der Waals surface area contributed by atoms with Gasteiger partial charge in [-0.25, -0.2) is 0 Å². The van der Waals surface area contributed by atoms with E-state index in [-0.39, 0.29) is 29.0 Å². The lowest BCUT2D eigenvalue weighted by Gasteiger charge is -2.55. The number of hydrogen-bond donors (Lipinski definition) is 1. The van der Waals surface area contributed by atoms with Gasteiger partial charge in [0.15, 0.2) is 0 Å². The summed E-state index contributed by atoms with van der Waals surface area (Å²) in [5, 5.41) is 9.79. The highest BCUT2D eigenvalue weighted by Gasteiger charge is 2.58. The lowest BCUT2D eigenvalue weighted by molar-refractivity contribution is -0.169. The molecule has 0 unspecified atom stereocenters. The molecule has 134 valence electrons. The number of allylic oxidation sites excluding steroid dienone is 2. The molecule has 0 radical (unpaired) electrons. The molecule has 24 heavy (non-hydrogen) atoms. The van der Waals surface area contributed by atoms with E-state index in [2.05, 4.69) is 6.92 Å². The van der Waals surface area contributed by atoms with Gasteiger partial charge in [0.05, 0.1) is 5.41 Å². The summed E-state index contributed by atoms with van der Waals surface area (Å²) in [7, 11) is 0. The summed E-state index contributed by atoms with van der Waals surface area (Å²) in [6, 6.07) is 0. The van der Waals surface area contributed by atoms with Crippen LogP contribution in [0.4, 0.5) is 0 Å². The number of carboxylic acids is 1. The highest BCUT2D eigenvalue weighted by Crippen LogP contribution is 2.60. The zero-order chi connectivity index (χ0) is 18.1. The first kappa shape index (κ1) is 18.9. The fraction of sp³-hybridized carbons (Fsp3) is 0.750. The number of carbonyl (C=O) groups is 3. The molecule has 0 aliphatic heterocycles. The average Bonchev–Trinajstić information content (AvgIpc) is 2.49. The van der Waals surface area contributed by atoms with Gasteiger partial charge in [0.2, 0.25) is 0 Å². The van der Waals surface area contributed by atoms with Gasteiger partial charge in [-0.1, -0.05) is 33.3 Å². The van der Waals surface area contributed by atoms with Crippen LogP contribution in [0.5, 0.6) is 0 Å². The molecule has 4 heteroatoms. The fourth-order valence-electron chi connectivity index (χ4n) is 5.14. The van der Waals surface area contributed by atoms with Crippen LogP contribution >= 0.6 is 0 Å². The van der Waals surface area contributed by atoms with E-state index in [1.807, 2.05) is 26.8 Å². The Morgan fingerprint density at radius 3 is 2.54 bits per heavy atom. The van der Waals surface area contributed by atoms with Crippen molar-refractivity contribution in [2.24, 2.45) is 28.6 Å². The van der Waals surface area contributed by atoms with E-state index in [9.17, 15) is 19.5 Å². The summed E-state index contributed by atoms with van der Waals surface area (Å²) < 4.78 is 0. The van der Waals surface area contributed by atoms with Crippen LogP contribution in [-0.2, 0) is 14.4 Å². The molecule has 2 rings (SSSR count). The van der Waals surface area contributed by atoms with Gasteiger partial charge in [0, 0.05) is 12.3 Å². The Morgan fingerprint density at radius 1 is 1.33 bits per heavy atom. The molecule has 0 aromatic rings. The summed E-state index contributed by atoms with van der Waals surface area (Å²) >= 11 is 0.